The number of hydrogen-bond acceptors (Lipinski definition) is 4. The smallest absolute Gasteiger partial charge is 0.416 e. The zero-order valence-corrected chi connectivity index (χ0v) is 15.2. The van der Waals surface area contributed by atoms with E-state index in [9.17, 15) is 18.0 Å². The number of rotatable bonds is 4. The number of benzene rings is 1. The molecule has 1 aliphatic heterocycles. The lowest BCUT2D eigenvalue weighted by molar-refractivity contribution is -0.137. The van der Waals surface area contributed by atoms with Crippen LogP contribution in [0.4, 0.5) is 13.2 Å². The molecular formula is C20H17F3N4O2. The Balaban J connectivity index is 1.40. The monoisotopic (exact) mass is 402 g/mol. The number of aromatic nitrogens is 3. The zero-order valence-electron chi connectivity index (χ0n) is 15.2. The van der Waals surface area contributed by atoms with Gasteiger partial charge in [0, 0.05) is 30.8 Å². The zero-order chi connectivity index (χ0) is 20.4. The van der Waals surface area contributed by atoms with Gasteiger partial charge in [-0.3, -0.25) is 9.89 Å². The summed E-state index contributed by atoms with van der Waals surface area (Å²) >= 11 is 0. The molecule has 0 saturated carbocycles. The number of aromatic amines is 1. The molecule has 1 fully saturated rings. The minimum absolute atomic E-state index is 0.105. The molecule has 0 bridgehead atoms. The number of alkyl halides is 3. The standard InChI is InChI=1S/C20H17F3N4O2/c21-20(22,23)14-6-8-24-18(10-14)29-15-7-9-27(12-15)19(28)17-11-16(25-26-17)13-4-2-1-3-5-13/h1-6,8,10-11,15H,7,9,12H2,(H,25,26). The van der Waals surface area contributed by atoms with E-state index in [1.165, 1.54) is 0 Å². The third-order valence-corrected chi connectivity index (χ3v) is 4.66. The van der Waals surface area contributed by atoms with Crippen LogP contribution in [0.1, 0.15) is 22.5 Å². The molecule has 0 aliphatic carbocycles. The van der Waals surface area contributed by atoms with Crippen LogP contribution in [-0.4, -0.2) is 45.2 Å². The van der Waals surface area contributed by atoms with E-state index in [0.29, 0.717) is 24.4 Å². The fraction of sp³-hybridized carbons (Fsp3) is 0.250. The molecule has 3 heterocycles. The Morgan fingerprint density at radius 3 is 2.72 bits per heavy atom. The van der Waals surface area contributed by atoms with Crippen molar-refractivity contribution in [2.45, 2.75) is 18.7 Å². The molecule has 4 rings (SSSR count). The number of nitrogens with one attached hydrogen (secondary N) is 1. The Kier molecular flexibility index (Phi) is 4.96. The second-order valence-electron chi connectivity index (χ2n) is 6.69. The van der Waals surface area contributed by atoms with Gasteiger partial charge in [-0.25, -0.2) is 4.98 Å². The summed E-state index contributed by atoms with van der Waals surface area (Å²) in [5, 5.41) is 6.93. The number of hydrogen-bond donors (Lipinski definition) is 1. The first-order valence-corrected chi connectivity index (χ1v) is 9.00. The average Bonchev–Trinajstić information content (AvgIpc) is 3.38. The van der Waals surface area contributed by atoms with Crippen molar-refractivity contribution in [3.05, 3.63) is 66.0 Å². The normalized spacial score (nSPS) is 16.8. The molecule has 150 valence electrons. The summed E-state index contributed by atoms with van der Waals surface area (Å²) in [7, 11) is 0. The molecule has 1 aromatic carbocycles. The van der Waals surface area contributed by atoms with Crippen molar-refractivity contribution in [1.29, 1.82) is 0 Å². The number of pyridine rings is 1. The van der Waals surface area contributed by atoms with E-state index in [0.717, 1.165) is 23.9 Å². The average molecular weight is 402 g/mol. The first kappa shape index (κ1) is 19.0. The Bertz CT molecular complexity index is 1000. The van der Waals surface area contributed by atoms with E-state index in [-0.39, 0.29) is 18.3 Å². The highest BCUT2D eigenvalue weighted by molar-refractivity contribution is 5.93. The van der Waals surface area contributed by atoms with Gasteiger partial charge in [-0.1, -0.05) is 30.3 Å². The molecule has 1 aliphatic rings. The fourth-order valence-corrected chi connectivity index (χ4v) is 3.19. The molecule has 3 aromatic rings. The first-order chi connectivity index (χ1) is 13.9. The van der Waals surface area contributed by atoms with E-state index in [1.54, 1.807) is 11.0 Å². The van der Waals surface area contributed by atoms with E-state index in [2.05, 4.69) is 15.2 Å². The van der Waals surface area contributed by atoms with Crippen LogP contribution >= 0.6 is 0 Å². The molecule has 1 unspecified atom stereocenters. The predicted octanol–water partition coefficient (Wildman–Crippen LogP) is 3.78. The lowest BCUT2D eigenvalue weighted by Crippen LogP contribution is -2.31. The molecule has 29 heavy (non-hydrogen) atoms. The van der Waals surface area contributed by atoms with Crippen molar-refractivity contribution in [2.75, 3.05) is 13.1 Å². The van der Waals surface area contributed by atoms with Crippen molar-refractivity contribution >= 4 is 5.91 Å². The van der Waals surface area contributed by atoms with Crippen molar-refractivity contribution in [3.63, 3.8) is 0 Å². The van der Waals surface area contributed by atoms with E-state index < -0.39 is 17.8 Å². The van der Waals surface area contributed by atoms with E-state index in [4.69, 9.17) is 4.74 Å². The number of carbonyl (C=O) groups is 1. The summed E-state index contributed by atoms with van der Waals surface area (Å²) in [5.41, 5.74) is 1.08. The highest BCUT2D eigenvalue weighted by Crippen LogP contribution is 2.31. The van der Waals surface area contributed by atoms with Crippen LogP contribution < -0.4 is 4.74 Å². The molecule has 1 atom stereocenters. The summed E-state index contributed by atoms with van der Waals surface area (Å²) in [5.74, 6) is -0.338. The van der Waals surface area contributed by atoms with Crippen molar-refractivity contribution in [2.24, 2.45) is 0 Å². The van der Waals surface area contributed by atoms with Gasteiger partial charge in [0.05, 0.1) is 17.8 Å². The summed E-state index contributed by atoms with van der Waals surface area (Å²) in [4.78, 5) is 18.1. The van der Waals surface area contributed by atoms with Gasteiger partial charge in [0.1, 0.15) is 11.8 Å². The number of carbonyl (C=O) groups excluding carboxylic acids is 1. The van der Waals surface area contributed by atoms with Crippen molar-refractivity contribution in [3.8, 4) is 17.1 Å². The highest BCUT2D eigenvalue weighted by atomic mass is 19.4. The Morgan fingerprint density at radius 1 is 1.17 bits per heavy atom. The van der Waals surface area contributed by atoms with Gasteiger partial charge in [-0.2, -0.15) is 18.3 Å². The van der Waals surface area contributed by atoms with Gasteiger partial charge in [0.2, 0.25) is 5.88 Å². The fourth-order valence-electron chi connectivity index (χ4n) is 3.19. The first-order valence-electron chi connectivity index (χ1n) is 9.00. The van der Waals surface area contributed by atoms with Gasteiger partial charge in [0.15, 0.2) is 0 Å². The Hall–Kier alpha value is -3.36. The van der Waals surface area contributed by atoms with Gasteiger partial charge in [-0.15, -0.1) is 0 Å². The number of halogens is 3. The minimum Gasteiger partial charge on any atom is -0.472 e. The van der Waals surface area contributed by atoms with E-state index in [1.807, 2.05) is 30.3 Å². The number of nitrogens with zero attached hydrogens (tertiary/aromatic N) is 3. The van der Waals surface area contributed by atoms with Gasteiger partial charge in [0.25, 0.3) is 5.91 Å². The molecule has 1 amide bonds. The summed E-state index contributed by atoms with van der Waals surface area (Å²) in [6, 6.07) is 12.9. The number of likely N-dealkylation sites (tertiary alicyclic amines) is 1. The van der Waals surface area contributed by atoms with Crippen LogP contribution in [0.25, 0.3) is 11.3 Å². The lowest BCUT2D eigenvalue weighted by Gasteiger charge is -2.16. The third-order valence-electron chi connectivity index (χ3n) is 4.66. The van der Waals surface area contributed by atoms with Gasteiger partial charge >= 0.3 is 6.18 Å². The number of H-pyrrole nitrogens is 1. The second kappa shape index (κ2) is 7.57. The van der Waals surface area contributed by atoms with E-state index >= 15 is 0 Å². The van der Waals surface area contributed by atoms with Crippen LogP contribution in [0.5, 0.6) is 5.88 Å². The summed E-state index contributed by atoms with van der Waals surface area (Å²) in [6.45, 7) is 0.693. The SMILES string of the molecule is O=C(c1cc(-c2ccccc2)n[nH]1)N1CCC(Oc2cc(C(F)(F)F)ccn2)C1. The number of ether oxygens (including phenoxy) is 1. The molecule has 0 spiro atoms. The van der Waals surface area contributed by atoms with Crippen molar-refractivity contribution < 1.29 is 22.7 Å². The Morgan fingerprint density at radius 2 is 1.97 bits per heavy atom. The van der Waals surface area contributed by atoms with Crippen LogP contribution in [0.2, 0.25) is 0 Å². The molecular weight excluding hydrogens is 385 g/mol. The molecule has 1 N–H and O–H groups in total. The molecule has 6 nitrogen and oxygen atoms in total. The topological polar surface area (TPSA) is 71.1 Å². The maximum atomic E-state index is 12.8. The number of amides is 1. The maximum Gasteiger partial charge on any atom is 0.416 e. The van der Waals surface area contributed by atoms with Gasteiger partial charge in [-0.05, 0) is 12.1 Å². The van der Waals surface area contributed by atoms with Gasteiger partial charge < -0.3 is 9.64 Å². The Labute approximate surface area is 164 Å². The molecule has 2 aromatic heterocycles. The largest absolute Gasteiger partial charge is 0.472 e. The predicted molar refractivity (Wildman–Crippen MR) is 98.2 cm³/mol. The third kappa shape index (κ3) is 4.23. The quantitative estimate of drug-likeness (QED) is 0.721. The van der Waals surface area contributed by atoms with Crippen LogP contribution in [0, 0.1) is 0 Å². The summed E-state index contributed by atoms with van der Waals surface area (Å²) < 4.78 is 44.0. The van der Waals surface area contributed by atoms with Crippen LogP contribution in [0.3, 0.4) is 0 Å². The summed E-state index contributed by atoms with van der Waals surface area (Å²) in [6.07, 6.45) is -3.32. The maximum absolute atomic E-state index is 12.8. The second-order valence-corrected chi connectivity index (χ2v) is 6.69. The van der Waals surface area contributed by atoms with Crippen LogP contribution in [-0.2, 0) is 6.18 Å². The molecule has 0 radical (unpaired) electrons. The molecule has 1 saturated heterocycles. The highest BCUT2D eigenvalue weighted by Gasteiger charge is 2.32. The van der Waals surface area contributed by atoms with Crippen LogP contribution in [0.15, 0.2) is 54.7 Å². The van der Waals surface area contributed by atoms with Crippen molar-refractivity contribution in [1.82, 2.24) is 20.1 Å². The minimum atomic E-state index is -4.46. The molecule has 9 heteroatoms. The lowest BCUT2D eigenvalue weighted by atomic mass is 10.1.